The van der Waals surface area contributed by atoms with Crippen molar-refractivity contribution in [2.75, 3.05) is 6.16 Å². The van der Waals surface area contributed by atoms with Gasteiger partial charge in [-0.05, 0) is 19.4 Å². The van der Waals surface area contributed by atoms with E-state index in [-0.39, 0.29) is 0 Å². The van der Waals surface area contributed by atoms with Gasteiger partial charge in [-0.25, -0.2) is 0 Å². The minimum atomic E-state index is 1.00. The highest BCUT2D eigenvalue weighted by Gasteiger charge is 2.12. The van der Waals surface area contributed by atoms with Gasteiger partial charge in [-0.1, -0.05) is 41.2 Å². The molecule has 1 saturated carbocycles. The molecule has 0 spiro atoms. The Bertz CT molecular complexity index is 59.5. The van der Waals surface area contributed by atoms with Gasteiger partial charge in [0.15, 0.2) is 0 Å². The molecule has 1 aliphatic carbocycles. The topological polar surface area (TPSA) is 0 Å². The van der Waals surface area contributed by atoms with E-state index in [1.165, 1.54) is 31.8 Å². The molecule has 0 aromatic rings. The van der Waals surface area contributed by atoms with Crippen LogP contribution in [0, 0.1) is 5.92 Å². The van der Waals surface area contributed by atoms with E-state index in [2.05, 4.69) is 15.5 Å². The Labute approximate surface area is 61.0 Å². The van der Waals surface area contributed by atoms with Gasteiger partial charge in [-0.15, -0.1) is 0 Å². The Morgan fingerprint density at radius 1 is 1.38 bits per heavy atom. The first-order valence-electron chi connectivity index (χ1n) is 3.27. The minimum absolute atomic E-state index is 1.00. The van der Waals surface area contributed by atoms with E-state index in [4.69, 9.17) is 0 Å². The second-order valence-electron chi connectivity index (χ2n) is 2.49. The molecule has 0 heterocycles. The van der Waals surface area contributed by atoms with E-state index < -0.39 is 0 Å². The van der Waals surface area contributed by atoms with Crippen LogP contribution in [0.25, 0.3) is 0 Å². The van der Waals surface area contributed by atoms with E-state index in [0.717, 1.165) is 13.2 Å². The standard InChI is InChI=1S/C6H12BrP/c7-8-5-6-3-1-2-4-6/h6,8H,1-5H2. The molecule has 0 aromatic carbocycles. The smallest absolute Gasteiger partial charge is 0.0226 e. The molecule has 0 radical (unpaired) electrons. The Morgan fingerprint density at radius 3 is 2.50 bits per heavy atom. The van der Waals surface area contributed by atoms with E-state index in [1.54, 1.807) is 0 Å². The van der Waals surface area contributed by atoms with Gasteiger partial charge in [-0.3, -0.25) is 0 Å². The van der Waals surface area contributed by atoms with Gasteiger partial charge in [0.2, 0.25) is 0 Å². The molecule has 0 amide bonds. The SMILES string of the molecule is BrPCC1CCCC1. The quantitative estimate of drug-likeness (QED) is 0.593. The van der Waals surface area contributed by atoms with Gasteiger partial charge in [0.05, 0.1) is 0 Å². The molecule has 1 fully saturated rings. The second-order valence-corrected chi connectivity index (χ2v) is 4.85. The summed E-state index contributed by atoms with van der Waals surface area (Å²) < 4.78 is 0. The molecule has 0 bridgehead atoms. The van der Waals surface area contributed by atoms with Crippen LogP contribution in [0.3, 0.4) is 0 Å². The molecule has 8 heavy (non-hydrogen) atoms. The Hall–Kier alpha value is 0.910. The average molecular weight is 195 g/mol. The average Bonchev–Trinajstić information content (AvgIpc) is 2.19. The summed E-state index contributed by atoms with van der Waals surface area (Å²) in [7, 11) is 1.00. The van der Waals surface area contributed by atoms with Crippen molar-refractivity contribution in [2.24, 2.45) is 5.92 Å². The zero-order chi connectivity index (χ0) is 5.82. The third kappa shape index (κ3) is 2.03. The molecule has 0 N–H and O–H groups in total. The molecular weight excluding hydrogens is 183 g/mol. The summed E-state index contributed by atoms with van der Waals surface area (Å²) in [5.74, 6) is 1.08. The van der Waals surface area contributed by atoms with Crippen LogP contribution in [-0.2, 0) is 0 Å². The highest BCUT2D eigenvalue weighted by Crippen LogP contribution is 2.32. The predicted molar refractivity (Wildman–Crippen MR) is 44.1 cm³/mol. The van der Waals surface area contributed by atoms with Gasteiger partial charge in [-0.2, -0.15) is 0 Å². The first-order valence-corrected chi connectivity index (χ1v) is 6.73. The van der Waals surface area contributed by atoms with E-state index in [9.17, 15) is 0 Å². The lowest BCUT2D eigenvalue weighted by Gasteiger charge is -2.02. The van der Waals surface area contributed by atoms with Crippen LogP contribution in [0.2, 0.25) is 0 Å². The lowest BCUT2D eigenvalue weighted by Crippen LogP contribution is -1.92. The van der Waals surface area contributed by atoms with Gasteiger partial charge in [0.1, 0.15) is 0 Å². The first-order chi connectivity index (χ1) is 3.93. The molecular formula is C6H12BrP. The van der Waals surface area contributed by atoms with Crippen LogP contribution in [-0.4, -0.2) is 6.16 Å². The van der Waals surface area contributed by atoms with Crippen molar-refractivity contribution in [1.29, 1.82) is 0 Å². The summed E-state index contributed by atoms with van der Waals surface area (Å²) in [6.07, 6.45) is 7.40. The summed E-state index contributed by atoms with van der Waals surface area (Å²) >= 11 is 3.49. The van der Waals surface area contributed by atoms with Gasteiger partial charge in [0, 0.05) is 0 Å². The van der Waals surface area contributed by atoms with Gasteiger partial charge >= 0.3 is 0 Å². The summed E-state index contributed by atoms with van der Waals surface area (Å²) in [5.41, 5.74) is 0. The monoisotopic (exact) mass is 194 g/mol. The van der Waals surface area contributed by atoms with Crippen LogP contribution in [0.1, 0.15) is 25.7 Å². The van der Waals surface area contributed by atoms with Crippen molar-refractivity contribution >= 4 is 22.8 Å². The summed E-state index contributed by atoms with van der Waals surface area (Å²) in [5, 5.41) is 0. The second kappa shape index (κ2) is 3.85. The Kier molecular flexibility index (Phi) is 3.38. The molecule has 2 heteroatoms. The van der Waals surface area contributed by atoms with Crippen molar-refractivity contribution in [3.05, 3.63) is 0 Å². The molecule has 48 valence electrons. The largest absolute Gasteiger partial charge is 0.0642 e. The summed E-state index contributed by atoms with van der Waals surface area (Å²) in [6.45, 7) is 0. The molecule has 0 aliphatic heterocycles. The minimum Gasteiger partial charge on any atom is -0.0642 e. The molecule has 0 saturated heterocycles. The fraction of sp³-hybridized carbons (Fsp3) is 1.00. The zero-order valence-corrected chi connectivity index (χ0v) is 7.58. The van der Waals surface area contributed by atoms with Crippen LogP contribution in [0.15, 0.2) is 0 Å². The van der Waals surface area contributed by atoms with Crippen molar-refractivity contribution in [3.8, 4) is 0 Å². The Balaban J connectivity index is 2.06. The highest BCUT2D eigenvalue weighted by molar-refractivity contribution is 9.36. The molecule has 0 nitrogen and oxygen atoms in total. The molecule has 0 aromatic heterocycles. The number of rotatable bonds is 2. The van der Waals surface area contributed by atoms with Crippen LogP contribution < -0.4 is 0 Å². The van der Waals surface area contributed by atoms with Crippen molar-refractivity contribution in [2.45, 2.75) is 25.7 Å². The number of hydrogen-bond acceptors (Lipinski definition) is 0. The summed E-state index contributed by atoms with van der Waals surface area (Å²) in [6, 6.07) is 0. The number of halogens is 1. The molecule has 1 rings (SSSR count). The van der Waals surface area contributed by atoms with Crippen LogP contribution in [0.5, 0.6) is 0 Å². The highest BCUT2D eigenvalue weighted by atomic mass is 79.9. The maximum Gasteiger partial charge on any atom is -0.0226 e. The fourth-order valence-electron chi connectivity index (χ4n) is 1.32. The Morgan fingerprint density at radius 2 is 2.00 bits per heavy atom. The lowest BCUT2D eigenvalue weighted by molar-refractivity contribution is 0.623. The van der Waals surface area contributed by atoms with Crippen molar-refractivity contribution in [1.82, 2.24) is 0 Å². The van der Waals surface area contributed by atoms with E-state index in [1.807, 2.05) is 0 Å². The van der Waals surface area contributed by atoms with Crippen LogP contribution >= 0.6 is 22.8 Å². The summed E-state index contributed by atoms with van der Waals surface area (Å²) in [4.78, 5) is 0. The fourth-order valence-corrected chi connectivity index (χ4v) is 3.32. The van der Waals surface area contributed by atoms with E-state index in [0.29, 0.717) is 0 Å². The van der Waals surface area contributed by atoms with E-state index >= 15 is 0 Å². The number of hydrogen-bond donors (Lipinski definition) is 0. The maximum absolute atomic E-state index is 3.49. The van der Waals surface area contributed by atoms with Gasteiger partial charge < -0.3 is 0 Å². The third-order valence-corrected chi connectivity index (χ3v) is 3.54. The van der Waals surface area contributed by atoms with Crippen molar-refractivity contribution in [3.63, 3.8) is 0 Å². The molecule has 1 atom stereocenters. The predicted octanol–water partition coefficient (Wildman–Crippen LogP) is 3.17. The third-order valence-electron chi connectivity index (χ3n) is 1.84. The van der Waals surface area contributed by atoms with Crippen LogP contribution in [0.4, 0.5) is 0 Å². The lowest BCUT2D eigenvalue weighted by atomic mass is 10.1. The first kappa shape index (κ1) is 7.02. The van der Waals surface area contributed by atoms with Crippen molar-refractivity contribution < 1.29 is 0 Å². The molecule has 1 aliphatic rings. The van der Waals surface area contributed by atoms with Gasteiger partial charge in [0.25, 0.3) is 0 Å². The zero-order valence-electron chi connectivity index (χ0n) is 4.99. The maximum atomic E-state index is 3.49. The molecule has 1 unspecified atom stereocenters. The normalized spacial score (nSPS) is 23.6.